The van der Waals surface area contributed by atoms with Gasteiger partial charge in [-0.05, 0) is 18.6 Å². The van der Waals surface area contributed by atoms with Gasteiger partial charge in [0.2, 0.25) is 0 Å². The molecule has 2 heterocycles. The highest BCUT2D eigenvalue weighted by Gasteiger charge is 2.10. The van der Waals surface area contributed by atoms with Gasteiger partial charge in [-0.15, -0.1) is 11.3 Å². The molecule has 0 unspecified atom stereocenters. The molecule has 0 saturated heterocycles. The molecule has 3 aromatic rings. The van der Waals surface area contributed by atoms with Crippen molar-refractivity contribution in [1.29, 1.82) is 0 Å². The Bertz CT molecular complexity index is 729. The Hall–Kier alpha value is -1.88. The Morgan fingerprint density at radius 3 is 2.90 bits per heavy atom. The molecule has 0 spiro atoms. The largest absolute Gasteiger partial charge is 0.362 e. The van der Waals surface area contributed by atoms with E-state index in [2.05, 4.69) is 46.9 Å². The lowest BCUT2D eigenvalue weighted by molar-refractivity contribution is 0.760. The molecular formula is C16H20N4S. The number of benzene rings is 1. The van der Waals surface area contributed by atoms with Crippen LogP contribution in [-0.4, -0.2) is 21.1 Å². The van der Waals surface area contributed by atoms with Crippen LogP contribution in [0.15, 0.2) is 30.5 Å². The summed E-state index contributed by atoms with van der Waals surface area (Å²) in [7, 11) is 0. The summed E-state index contributed by atoms with van der Waals surface area (Å²) in [6.07, 6.45) is 4.02. The quantitative estimate of drug-likeness (QED) is 0.750. The number of imidazole rings is 1. The van der Waals surface area contributed by atoms with Crippen molar-refractivity contribution in [2.75, 3.05) is 11.9 Å². The Morgan fingerprint density at radius 1 is 1.24 bits per heavy atom. The lowest BCUT2D eigenvalue weighted by Gasteiger charge is -2.05. The second-order valence-corrected chi connectivity index (χ2v) is 6.13. The van der Waals surface area contributed by atoms with Gasteiger partial charge in [0.1, 0.15) is 5.82 Å². The molecule has 0 aliphatic carbocycles. The number of aryl methyl sites for hydroxylation is 1. The van der Waals surface area contributed by atoms with E-state index in [0.717, 1.165) is 42.4 Å². The molecule has 0 fully saturated rings. The Morgan fingerprint density at radius 2 is 2.10 bits per heavy atom. The molecule has 21 heavy (non-hydrogen) atoms. The molecule has 0 radical (unpaired) electrons. The summed E-state index contributed by atoms with van der Waals surface area (Å²) in [5.41, 5.74) is 2.27. The third-order valence-electron chi connectivity index (χ3n) is 3.44. The summed E-state index contributed by atoms with van der Waals surface area (Å²) in [6.45, 7) is 6.13. The van der Waals surface area contributed by atoms with Crippen LogP contribution in [-0.2, 0) is 13.0 Å². The van der Waals surface area contributed by atoms with Crippen molar-refractivity contribution in [2.24, 2.45) is 0 Å². The van der Waals surface area contributed by atoms with E-state index >= 15 is 0 Å². The van der Waals surface area contributed by atoms with E-state index in [9.17, 15) is 0 Å². The predicted octanol–water partition coefficient (Wildman–Crippen LogP) is 3.93. The van der Waals surface area contributed by atoms with Gasteiger partial charge in [-0.1, -0.05) is 26.0 Å². The fourth-order valence-corrected chi connectivity index (χ4v) is 3.25. The normalized spacial score (nSPS) is 11.1. The Kier molecular flexibility index (Phi) is 4.20. The van der Waals surface area contributed by atoms with Crippen LogP contribution >= 0.6 is 11.3 Å². The van der Waals surface area contributed by atoms with Crippen molar-refractivity contribution in [1.82, 2.24) is 14.5 Å². The van der Waals surface area contributed by atoms with Crippen LogP contribution in [0.5, 0.6) is 0 Å². The Labute approximate surface area is 128 Å². The molecule has 0 saturated carbocycles. The van der Waals surface area contributed by atoms with Crippen LogP contribution in [0, 0.1) is 0 Å². The van der Waals surface area contributed by atoms with Gasteiger partial charge in [0, 0.05) is 24.0 Å². The zero-order valence-electron chi connectivity index (χ0n) is 12.5. The number of nitrogens with one attached hydrogen (secondary N) is 1. The maximum absolute atomic E-state index is 4.72. The summed E-state index contributed by atoms with van der Waals surface area (Å²) in [6, 6.07) is 8.32. The van der Waals surface area contributed by atoms with Crippen LogP contribution in [0.1, 0.15) is 31.0 Å². The average molecular weight is 300 g/mol. The maximum atomic E-state index is 4.72. The maximum Gasteiger partial charge on any atom is 0.182 e. The van der Waals surface area contributed by atoms with Gasteiger partial charge >= 0.3 is 0 Å². The first-order chi connectivity index (χ1) is 10.3. The molecule has 1 aromatic carbocycles. The molecule has 0 amide bonds. The smallest absolute Gasteiger partial charge is 0.182 e. The summed E-state index contributed by atoms with van der Waals surface area (Å²) >= 11 is 1.73. The van der Waals surface area contributed by atoms with E-state index in [4.69, 9.17) is 4.98 Å². The summed E-state index contributed by atoms with van der Waals surface area (Å²) < 4.78 is 2.30. The van der Waals surface area contributed by atoms with Crippen LogP contribution in [0.3, 0.4) is 0 Å². The van der Waals surface area contributed by atoms with Gasteiger partial charge in [0.25, 0.3) is 0 Å². The van der Waals surface area contributed by atoms with Crippen LogP contribution in [0.25, 0.3) is 11.0 Å². The van der Waals surface area contributed by atoms with Crippen molar-refractivity contribution in [3.8, 4) is 0 Å². The summed E-state index contributed by atoms with van der Waals surface area (Å²) in [5, 5.41) is 4.35. The fourth-order valence-electron chi connectivity index (χ4n) is 2.42. The zero-order valence-corrected chi connectivity index (χ0v) is 13.3. The second kappa shape index (κ2) is 6.26. The molecule has 5 heteroatoms. The molecular weight excluding hydrogens is 280 g/mol. The number of anilines is 1. The highest BCUT2D eigenvalue weighted by molar-refractivity contribution is 7.15. The minimum atomic E-state index is 0.842. The van der Waals surface area contributed by atoms with Gasteiger partial charge in [-0.2, -0.15) is 0 Å². The minimum absolute atomic E-state index is 0.842. The number of para-hydroxylation sites is 2. The molecule has 3 rings (SSSR count). The summed E-state index contributed by atoms with van der Waals surface area (Å²) in [5.74, 6) is 1.13. The van der Waals surface area contributed by atoms with Gasteiger partial charge in [-0.25, -0.2) is 9.97 Å². The molecule has 0 aliphatic heterocycles. The topological polar surface area (TPSA) is 42.7 Å². The molecule has 0 bridgehead atoms. The highest BCUT2D eigenvalue weighted by atomic mass is 32.1. The molecule has 4 nitrogen and oxygen atoms in total. The van der Waals surface area contributed by atoms with Crippen LogP contribution in [0.2, 0.25) is 0 Å². The third-order valence-corrected chi connectivity index (χ3v) is 4.38. The van der Waals surface area contributed by atoms with Crippen molar-refractivity contribution < 1.29 is 0 Å². The van der Waals surface area contributed by atoms with E-state index in [1.165, 1.54) is 10.4 Å². The number of hydrogen-bond acceptors (Lipinski definition) is 4. The van der Waals surface area contributed by atoms with Gasteiger partial charge in [-0.3, -0.25) is 0 Å². The first-order valence-electron chi connectivity index (χ1n) is 7.44. The zero-order chi connectivity index (χ0) is 14.7. The number of aromatic nitrogens is 3. The van der Waals surface area contributed by atoms with Crippen molar-refractivity contribution in [3.05, 3.63) is 41.2 Å². The summed E-state index contributed by atoms with van der Waals surface area (Å²) in [4.78, 5) is 10.4. The van der Waals surface area contributed by atoms with E-state index in [1.54, 1.807) is 11.3 Å². The average Bonchev–Trinajstić information content (AvgIpc) is 3.10. The van der Waals surface area contributed by atoms with Crippen LogP contribution in [0.4, 0.5) is 5.13 Å². The lowest BCUT2D eigenvalue weighted by atomic mass is 10.3. The first kappa shape index (κ1) is 14.1. The number of fused-ring (bicyclic) bond motifs is 1. The number of rotatable bonds is 6. The molecule has 110 valence electrons. The number of nitrogens with zero attached hydrogens (tertiary/aromatic N) is 3. The number of hydrogen-bond donors (Lipinski definition) is 1. The van der Waals surface area contributed by atoms with Crippen LogP contribution < -0.4 is 5.32 Å². The molecule has 0 aliphatic rings. The fraction of sp³-hybridized carbons (Fsp3) is 0.375. The highest BCUT2D eigenvalue weighted by Crippen LogP contribution is 2.23. The molecule has 1 N–H and O–H groups in total. The van der Waals surface area contributed by atoms with Crippen molar-refractivity contribution in [2.45, 2.75) is 33.2 Å². The van der Waals surface area contributed by atoms with Crippen molar-refractivity contribution in [3.63, 3.8) is 0 Å². The van der Waals surface area contributed by atoms with E-state index < -0.39 is 0 Å². The van der Waals surface area contributed by atoms with E-state index in [0.29, 0.717) is 0 Å². The third kappa shape index (κ3) is 2.93. The van der Waals surface area contributed by atoms with Gasteiger partial charge in [0.15, 0.2) is 5.13 Å². The monoisotopic (exact) mass is 300 g/mol. The molecule has 0 atom stereocenters. The lowest BCUT2D eigenvalue weighted by Crippen LogP contribution is -2.03. The van der Waals surface area contributed by atoms with Gasteiger partial charge in [0.05, 0.1) is 17.6 Å². The number of thiazole rings is 1. The minimum Gasteiger partial charge on any atom is -0.362 e. The van der Waals surface area contributed by atoms with E-state index in [1.807, 2.05) is 12.3 Å². The predicted molar refractivity (Wildman–Crippen MR) is 89.1 cm³/mol. The van der Waals surface area contributed by atoms with Gasteiger partial charge < -0.3 is 9.88 Å². The molecule has 2 aromatic heterocycles. The van der Waals surface area contributed by atoms with Crippen molar-refractivity contribution >= 4 is 27.5 Å². The van der Waals surface area contributed by atoms with E-state index in [-0.39, 0.29) is 0 Å². The second-order valence-electron chi connectivity index (χ2n) is 5.01. The standard InChI is InChI=1S/C16H20N4S/c1-3-9-17-16-18-10-12(21-16)11-20-14-8-6-5-7-13(14)19-15(20)4-2/h5-8,10H,3-4,9,11H2,1-2H3,(H,17,18). The SMILES string of the molecule is CCCNc1ncc(Cn2c(CC)nc3ccccc32)s1. The Balaban J connectivity index is 1.88. The first-order valence-corrected chi connectivity index (χ1v) is 8.26.